The van der Waals surface area contributed by atoms with Gasteiger partial charge < -0.3 is 0 Å². The Balaban J connectivity index is 0.000000400. The Labute approximate surface area is 115 Å². The molecule has 0 spiro atoms. The molecule has 0 saturated carbocycles. The van der Waals surface area contributed by atoms with Crippen LogP contribution >= 0.6 is 0 Å². The van der Waals surface area contributed by atoms with E-state index in [1.807, 2.05) is 0 Å². The highest BCUT2D eigenvalue weighted by Gasteiger charge is 2.46. The monoisotopic (exact) mass is 332 g/mol. The normalized spacial score (nSPS) is 11.2. The Bertz CT molecular complexity index is 600. The molecule has 0 fully saturated rings. The molecule has 0 aliphatic carbocycles. The maximum absolute atomic E-state index is 11.1. The fourth-order valence-corrected chi connectivity index (χ4v) is 1.00. The first-order chi connectivity index (χ1) is 9.42. The lowest BCUT2D eigenvalue weighted by Gasteiger charge is -2.02. The fraction of sp³-hybridized carbons (Fsp3) is 0.250. The molecule has 13 heteroatoms. The molecule has 21 heavy (non-hydrogen) atoms. The van der Waals surface area contributed by atoms with Crippen LogP contribution in [-0.4, -0.2) is 30.9 Å². The maximum atomic E-state index is 11.1. The average molecular weight is 332 g/mol. The zero-order valence-electron chi connectivity index (χ0n) is 10.1. The van der Waals surface area contributed by atoms with Gasteiger partial charge >= 0.3 is 15.6 Å². The molecular formula is C8H7F3N2O7S. The summed E-state index contributed by atoms with van der Waals surface area (Å²) in [6.45, 7) is 0. The van der Waals surface area contributed by atoms with Crippen LogP contribution < -0.4 is 0 Å². The van der Waals surface area contributed by atoms with Gasteiger partial charge in [-0.3, -0.25) is 24.4 Å². The number of alkyl halides is 3. The van der Waals surface area contributed by atoms with Gasteiger partial charge in [0.25, 0.3) is 11.4 Å². The van der Waals surface area contributed by atoms with Gasteiger partial charge in [0, 0.05) is 12.1 Å². The van der Waals surface area contributed by atoms with Crippen LogP contribution in [0.1, 0.15) is 0 Å². The molecule has 118 valence electrons. The Hall–Kier alpha value is -2.28. The summed E-state index contributed by atoms with van der Waals surface area (Å²) in [5, 5.41) is 20.3. The summed E-state index contributed by atoms with van der Waals surface area (Å²) in [7, 11) is -4.89. The number of halogens is 3. The smallest absolute Gasteiger partial charge is 0.267 e. The van der Waals surface area contributed by atoms with Crippen molar-refractivity contribution >= 4 is 21.5 Å². The van der Waals surface area contributed by atoms with Gasteiger partial charge in [0.2, 0.25) is 0 Å². The van der Waals surface area contributed by atoms with Gasteiger partial charge in [0.1, 0.15) is 0 Å². The van der Waals surface area contributed by atoms with Gasteiger partial charge in [-0.15, -0.1) is 0 Å². The molecule has 0 radical (unpaired) electrons. The van der Waals surface area contributed by atoms with Gasteiger partial charge in [-0.05, 0) is 6.07 Å². The first-order valence-corrected chi connectivity index (χ1v) is 6.09. The SMILES string of the molecule is COS(=O)(=O)C(F)(F)F.O=[N+]([O-])c1cccc([N+](=O)[O-])c1. The van der Waals surface area contributed by atoms with Crippen LogP contribution in [0.25, 0.3) is 0 Å². The maximum Gasteiger partial charge on any atom is 0.523 e. The number of hydrogen-bond acceptors (Lipinski definition) is 7. The van der Waals surface area contributed by atoms with Crippen LogP contribution in [0.15, 0.2) is 24.3 Å². The highest BCUT2D eigenvalue weighted by Crippen LogP contribution is 2.23. The van der Waals surface area contributed by atoms with Gasteiger partial charge in [-0.2, -0.15) is 21.6 Å². The molecule has 0 bridgehead atoms. The molecule has 0 saturated heterocycles. The molecule has 0 unspecified atom stereocenters. The van der Waals surface area contributed by atoms with E-state index in [4.69, 9.17) is 0 Å². The lowest BCUT2D eigenvalue weighted by atomic mass is 10.3. The lowest BCUT2D eigenvalue weighted by molar-refractivity contribution is -0.394. The lowest BCUT2D eigenvalue weighted by Crippen LogP contribution is -2.23. The van der Waals surface area contributed by atoms with Crippen molar-refractivity contribution in [3.05, 3.63) is 44.5 Å². The van der Waals surface area contributed by atoms with Crippen LogP contribution in [0.2, 0.25) is 0 Å². The summed E-state index contributed by atoms with van der Waals surface area (Å²) in [5.41, 5.74) is -5.85. The molecular weight excluding hydrogens is 325 g/mol. The minimum absolute atomic E-state index is 0.274. The Morgan fingerprint density at radius 3 is 1.67 bits per heavy atom. The minimum atomic E-state index is -5.34. The van der Waals surface area contributed by atoms with Crippen molar-refractivity contribution in [1.29, 1.82) is 0 Å². The van der Waals surface area contributed by atoms with Crippen LogP contribution in [-0.2, 0) is 14.3 Å². The van der Waals surface area contributed by atoms with Crippen LogP contribution in [0.5, 0.6) is 0 Å². The van der Waals surface area contributed by atoms with Crippen molar-refractivity contribution in [2.75, 3.05) is 7.11 Å². The van der Waals surface area contributed by atoms with Gasteiger partial charge in [0.05, 0.1) is 23.0 Å². The summed E-state index contributed by atoms with van der Waals surface area (Å²) in [4.78, 5) is 19.0. The van der Waals surface area contributed by atoms with E-state index in [-0.39, 0.29) is 11.4 Å². The molecule has 1 aromatic rings. The predicted molar refractivity (Wildman–Crippen MR) is 61.7 cm³/mol. The van der Waals surface area contributed by atoms with E-state index in [9.17, 15) is 41.8 Å². The van der Waals surface area contributed by atoms with Crippen molar-refractivity contribution in [3.8, 4) is 0 Å². The van der Waals surface area contributed by atoms with Crippen molar-refractivity contribution in [1.82, 2.24) is 0 Å². The third kappa shape index (κ3) is 5.70. The predicted octanol–water partition coefficient (Wildman–Crippen LogP) is 1.99. The zero-order chi connectivity index (χ0) is 16.8. The van der Waals surface area contributed by atoms with Crippen molar-refractivity contribution in [2.24, 2.45) is 0 Å². The number of benzene rings is 1. The van der Waals surface area contributed by atoms with Crippen molar-refractivity contribution < 1.29 is 35.6 Å². The summed E-state index contributed by atoms with van der Waals surface area (Å²) in [6, 6.07) is 4.59. The quantitative estimate of drug-likeness (QED) is 0.358. The number of nitro benzene ring substituents is 2. The fourth-order valence-electron chi connectivity index (χ4n) is 0.815. The Morgan fingerprint density at radius 1 is 1.10 bits per heavy atom. The third-order valence-electron chi connectivity index (χ3n) is 1.75. The first-order valence-electron chi connectivity index (χ1n) is 4.68. The third-order valence-corrected chi connectivity index (χ3v) is 2.76. The molecule has 0 N–H and O–H groups in total. The van der Waals surface area contributed by atoms with E-state index < -0.39 is 25.5 Å². The van der Waals surface area contributed by atoms with E-state index in [1.165, 1.54) is 18.2 Å². The van der Waals surface area contributed by atoms with Crippen molar-refractivity contribution in [3.63, 3.8) is 0 Å². The molecule has 0 heterocycles. The highest BCUT2D eigenvalue weighted by atomic mass is 32.2. The number of non-ortho nitro benzene ring substituents is 2. The zero-order valence-corrected chi connectivity index (χ0v) is 10.9. The van der Waals surface area contributed by atoms with E-state index in [0.717, 1.165) is 6.07 Å². The van der Waals surface area contributed by atoms with E-state index >= 15 is 0 Å². The van der Waals surface area contributed by atoms with Crippen LogP contribution in [0.4, 0.5) is 24.5 Å². The second kappa shape index (κ2) is 6.94. The second-order valence-corrected chi connectivity index (χ2v) is 4.81. The van der Waals surface area contributed by atoms with Gasteiger partial charge in [-0.25, -0.2) is 0 Å². The Kier molecular flexibility index (Phi) is 6.19. The number of rotatable bonds is 3. The Morgan fingerprint density at radius 2 is 1.48 bits per heavy atom. The van der Waals surface area contributed by atoms with E-state index in [1.54, 1.807) is 0 Å². The van der Waals surface area contributed by atoms with Gasteiger partial charge in [0.15, 0.2) is 0 Å². The van der Waals surface area contributed by atoms with Crippen molar-refractivity contribution in [2.45, 2.75) is 5.51 Å². The number of hydrogen-bond donors (Lipinski definition) is 0. The molecule has 0 atom stereocenters. The topological polar surface area (TPSA) is 130 Å². The second-order valence-electron chi connectivity index (χ2n) is 3.10. The van der Waals surface area contributed by atoms with E-state index in [0.29, 0.717) is 7.11 Å². The van der Waals surface area contributed by atoms with Crippen LogP contribution in [0, 0.1) is 20.2 Å². The molecule has 1 aromatic carbocycles. The highest BCUT2D eigenvalue weighted by molar-refractivity contribution is 7.87. The van der Waals surface area contributed by atoms with E-state index in [2.05, 4.69) is 4.18 Å². The molecule has 0 aromatic heterocycles. The molecule has 1 rings (SSSR count). The minimum Gasteiger partial charge on any atom is -0.267 e. The molecule has 0 aliphatic rings. The summed E-state index contributed by atoms with van der Waals surface area (Å²) in [5.74, 6) is 0. The standard InChI is InChI=1S/C6H4N2O4.C2H3F3O3S/c9-7(10)5-2-1-3-6(4-5)8(11)12;1-8-9(6,7)2(3,4)5/h1-4H;1H3. The van der Waals surface area contributed by atoms with Crippen LogP contribution in [0.3, 0.4) is 0 Å². The number of nitrogens with zero attached hydrogens (tertiary/aromatic N) is 2. The summed E-state index contributed by atoms with van der Waals surface area (Å²) < 4.78 is 55.9. The first kappa shape index (κ1) is 18.7. The molecule has 0 aliphatic heterocycles. The molecule has 9 nitrogen and oxygen atoms in total. The molecule has 0 amide bonds. The number of nitro groups is 2. The summed E-state index contributed by atoms with van der Waals surface area (Å²) in [6.07, 6.45) is 0. The largest absolute Gasteiger partial charge is 0.523 e. The average Bonchev–Trinajstić information content (AvgIpc) is 2.38. The van der Waals surface area contributed by atoms with Gasteiger partial charge in [-0.1, -0.05) is 0 Å². The summed E-state index contributed by atoms with van der Waals surface area (Å²) >= 11 is 0.